The molecule has 274 valence electrons. The Hall–Kier alpha value is -2.73. The molecule has 0 rings (SSSR count). The summed E-state index contributed by atoms with van der Waals surface area (Å²) < 4.78 is 31.8. The van der Waals surface area contributed by atoms with Crippen molar-refractivity contribution in [1.29, 1.82) is 0 Å². The van der Waals surface area contributed by atoms with Crippen molar-refractivity contribution in [2.75, 3.05) is 98.9 Å². The van der Waals surface area contributed by atoms with Crippen molar-refractivity contribution < 1.29 is 57.5 Å². The summed E-state index contributed by atoms with van der Waals surface area (Å²) in [6.07, 6.45) is 0.257. The van der Waals surface area contributed by atoms with Crippen LogP contribution < -0.4 is 21.3 Å². The van der Waals surface area contributed by atoms with Crippen molar-refractivity contribution in [1.82, 2.24) is 21.3 Å². The smallest absolute Gasteiger partial charge is 0.320 e. The molecule has 0 aliphatic carbocycles. The van der Waals surface area contributed by atoms with Gasteiger partial charge in [0, 0.05) is 37.0 Å². The van der Waals surface area contributed by atoms with E-state index in [-0.39, 0.29) is 114 Å². The number of amides is 3. The highest BCUT2D eigenvalue weighted by Crippen LogP contribution is 2.14. The number of hydrogen-bond donors (Lipinski definition) is 5. The van der Waals surface area contributed by atoms with E-state index >= 15 is 0 Å². The van der Waals surface area contributed by atoms with Crippen LogP contribution in [0.2, 0.25) is 0 Å². The number of carboxylic acid groups (broad SMARTS) is 1. The molecule has 0 aromatic rings. The maximum atomic E-state index is 11.9. The summed E-state index contributed by atoms with van der Waals surface area (Å²) in [5.41, 5.74) is -0.805. The largest absolute Gasteiger partial charge is 0.480 e. The molecule has 5 N–H and O–H groups in total. The number of carbonyl (C=O) groups is 5. The third kappa shape index (κ3) is 29.2. The van der Waals surface area contributed by atoms with Crippen LogP contribution in [0.15, 0.2) is 0 Å². The molecular formula is C31H58N4O12. The van der Waals surface area contributed by atoms with Crippen LogP contribution in [0.25, 0.3) is 0 Å². The van der Waals surface area contributed by atoms with Gasteiger partial charge in [0.2, 0.25) is 17.7 Å². The number of ketones is 1. The summed E-state index contributed by atoms with van der Waals surface area (Å²) in [7, 11) is 0. The van der Waals surface area contributed by atoms with Gasteiger partial charge in [-0.15, -0.1) is 0 Å². The Labute approximate surface area is 278 Å². The Morgan fingerprint density at radius 3 is 1.32 bits per heavy atom. The second-order valence-corrected chi connectivity index (χ2v) is 12.5. The predicted octanol–water partition coefficient (Wildman–Crippen LogP) is -0.329. The van der Waals surface area contributed by atoms with E-state index in [0.717, 1.165) is 0 Å². The highest BCUT2D eigenvalue weighted by Gasteiger charge is 2.24. The fourth-order valence-corrected chi connectivity index (χ4v) is 3.40. The summed E-state index contributed by atoms with van der Waals surface area (Å²) in [5.74, 6) is -1.81. The average Bonchev–Trinajstić information content (AvgIpc) is 2.97. The molecular weight excluding hydrogens is 620 g/mol. The molecule has 1 atom stereocenters. The number of carbonyl (C=O) groups excluding carboxylic acids is 4. The molecule has 0 fully saturated rings. The molecule has 0 aliphatic rings. The summed E-state index contributed by atoms with van der Waals surface area (Å²) in [5, 5.41) is 20.3. The third-order valence-electron chi connectivity index (χ3n) is 5.92. The maximum absolute atomic E-state index is 11.9. The van der Waals surface area contributed by atoms with Crippen molar-refractivity contribution in [3.8, 4) is 0 Å². The van der Waals surface area contributed by atoms with E-state index in [1.807, 2.05) is 41.5 Å². The van der Waals surface area contributed by atoms with Gasteiger partial charge in [-0.1, -0.05) is 20.8 Å². The zero-order valence-corrected chi connectivity index (χ0v) is 29.0. The minimum Gasteiger partial charge on any atom is -0.480 e. The normalized spacial score (nSPS) is 12.4. The minimum atomic E-state index is -0.995. The van der Waals surface area contributed by atoms with E-state index in [1.54, 1.807) is 0 Å². The summed E-state index contributed by atoms with van der Waals surface area (Å²) in [4.78, 5) is 58.6. The van der Waals surface area contributed by atoms with Crippen LogP contribution in [0.5, 0.6) is 0 Å². The number of carboxylic acids is 1. The summed E-state index contributed by atoms with van der Waals surface area (Å²) in [6.45, 7) is 14.2. The van der Waals surface area contributed by atoms with Crippen LogP contribution in [0.4, 0.5) is 0 Å². The molecule has 3 amide bonds. The lowest BCUT2D eigenvalue weighted by Crippen LogP contribution is -2.48. The van der Waals surface area contributed by atoms with Crippen LogP contribution in [-0.2, 0) is 52.4 Å². The van der Waals surface area contributed by atoms with Crippen molar-refractivity contribution >= 4 is 29.5 Å². The first-order chi connectivity index (χ1) is 22.1. The van der Waals surface area contributed by atoms with Gasteiger partial charge in [-0.3, -0.25) is 29.3 Å². The highest BCUT2D eigenvalue weighted by atomic mass is 16.5. The van der Waals surface area contributed by atoms with Gasteiger partial charge in [0.25, 0.3) is 0 Å². The van der Waals surface area contributed by atoms with E-state index in [1.165, 1.54) is 0 Å². The van der Waals surface area contributed by atoms with Crippen LogP contribution in [0, 0.1) is 5.41 Å². The molecule has 0 aliphatic heterocycles. The van der Waals surface area contributed by atoms with Gasteiger partial charge in [-0.25, -0.2) is 0 Å². The van der Waals surface area contributed by atoms with E-state index in [2.05, 4.69) is 21.3 Å². The van der Waals surface area contributed by atoms with Gasteiger partial charge < -0.3 is 49.5 Å². The van der Waals surface area contributed by atoms with Gasteiger partial charge in [-0.05, 0) is 27.2 Å². The first-order valence-corrected chi connectivity index (χ1v) is 15.9. The third-order valence-corrected chi connectivity index (χ3v) is 5.92. The monoisotopic (exact) mass is 678 g/mol. The lowest BCUT2D eigenvalue weighted by Gasteiger charge is -2.25. The van der Waals surface area contributed by atoms with Gasteiger partial charge in [0.05, 0.1) is 59.5 Å². The standard InChI is InChI=1S/C31H58N4O12/c1-30(2,3)25(36)21-45-18-15-43-13-10-33-27(38)23-47-20-17-44-14-11-34-28(39)22-46-19-16-42-12-9-32-26(37)8-7-24(29(40)41)35-31(4,5)6/h24,35H,7-23H2,1-6H3,(H,32,37)(H,33,38)(H,34,39)(H,40,41)/t24-/m0/s1. The Morgan fingerprint density at radius 1 is 0.553 bits per heavy atom. The Bertz CT molecular complexity index is 906. The quantitative estimate of drug-likeness (QED) is 0.0643. The molecule has 47 heavy (non-hydrogen) atoms. The number of ether oxygens (including phenoxy) is 6. The minimum absolute atomic E-state index is 0.0271. The van der Waals surface area contributed by atoms with Gasteiger partial charge >= 0.3 is 5.97 Å². The van der Waals surface area contributed by atoms with Gasteiger partial charge in [0.1, 0.15) is 25.9 Å². The lowest BCUT2D eigenvalue weighted by atomic mass is 9.91. The number of hydrogen-bond acceptors (Lipinski definition) is 12. The van der Waals surface area contributed by atoms with Crippen molar-refractivity contribution in [3.05, 3.63) is 0 Å². The van der Waals surface area contributed by atoms with Crippen LogP contribution in [0.1, 0.15) is 54.4 Å². The summed E-state index contributed by atoms with van der Waals surface area (Å²) in [6, 6.07) is -0.805. The molecule has 0 saturated heterocycles. The van der Waals surface area contributed by atoms with Crippen LogP contribution in [-0.4, -0.2) is 145 Å². The molecule has 0 aromatic carbocycles. The highest BCUT2D eigenvalue weighted by molar-refractivity contribution is 5.84. The molecule has 0 heterocycles. The second-order valence-electron chi connectivity index (χ2n) is 12.5. The van der Waals surface area contributed by atoms with Crippen molar-refractivity contribution in [2.24, 2.45) is 5.41 Å². The molecule has 0 bridgehead atoms. The molecule has 16 heteroatoms. The van der Waals surface area contributed by atoms with Crippen molar-refractivity contribution in [2.45, 2.75) is 66.0 Å². The number of nitrogens with one attached hydrogen (secondary N) is 4. The Balaban J connectivity index is 3.52. The molecule has 0 radical (unpaired) electrons. The Kier molecular flexibility index (Phi) is 24.7. The molecule has 0 aromatic heterocycles. The van der Waals surface area contributed by atoms with Crippen LogP contribution >= 0.6 is 0 Å². The zero-order chi connectivity index (χ0) is 35.6. The molecule has 16 nitrogen and oxygen atoms in total. The molecule has 0 spiro atoms. The maximum Gasteiger partial charge on any atom is 0.320 e. The van der Waals surface area contributed by atoms with Crippen molar-refractivity contribution in [3.63, 3.8) is 0 Å². The van der Waals surface area contributed by atoms with Crippen LogP contribution in [0.3, 0.4) is 0 Å². The van der Waals surface area contributed by atoms with Gasteiger partial charge in [-0.2, -0.15) is 0 Å². The van der Waals surface area contributed by atoms with E-state index < -0.39 is 17.4 Å². The first kappa shape index (κ1) is 44.3. The number of rotatable bonds is 29. The predicted molar refractivity (Wildman–Crippen MR) is 172 cm³/mol. The molecule has 0 saturated carbocycles. The summed E-state index contributed by atoms with van der Waals surface area (Å²) >= 11 is 0. The van der Waals surface area contributed by atoms with E-state index in [0.29, 0.717) is 26.4 Å². The zero-order valence-electron chi connectivity index (χ0n) is 29.0. The first-order valence-electron chi connectivity index (χ1n) is 15.9. The average molecular weight is 679 g/mol. The second kappa shape index (κ2) is 26.3. The fraction of sp³-hybridized carbons (Fsp3) is 0.839. The van der Waals surface area contributed by atoms with E-state index in [4.69, 9.17) is 28.4 Å². The Morgan fingerprint density at radius 2 is 0.936 bits per heavy atom. The lowest BCUT2D eigenvalue weighted by molar-refractivity contribution is -0.140. The molecule has 0 unspecified atom stereocenters. The van der Waals surface area contributed by atoms with Gasteiger partial charge in [0.15, 0.2) is 5.78 Å². The number of aliphatic carboxylic acids is 1. The van der Waals surface area contributed by atoms with E-state index in [9.17, 15) is 29.1 Å². The number of Topliss-reactive ketones (excluding diaryl/α,β-unsaturated/α-hetero) is 1. The SMILES string of the molecule is CC(C)(C)N[C@@H](CCC(=O)NCCOCCOCC(=O)NCCOCCOCC(=O)NCCOCCOCC(=O)C(C)(C)C)C(=O)O. The topological polar surface area (TPSA) is 209 Å². The fourth-order valence-electron chi connectivity index (χ4n) is 3.40.